The molecule has 2 aromatic heterocycles. The quantitative estimate of drug-likeness (QED) is 0.291. The molecule has 0 bridgehead atoms. The molecule has 0 radical (unpaired) electrons. The van der Waals surface area contributed by atoms with Gasteiger partial charge in [0.15, 0.2) is 0 Å². The molecule has 0 unspecified atom stereocenters. The van der Waals surface area contributed by atoms with Crippen molar-refractivity contribution in [2.75, 3.05) is 5.32 Å². The van der Waals surface area contributed by atoms with Crippen LogP contribution in [0.2, 0.25) is 10.0 Å². The predicted octanol–water partition coefficient (Wildman–Crippen LogP) is 6.95. The van der Waals surface area contributed by atoms with E-state index >= 15 is 0 Å². The first-order chi connectivity index (χ1) is 16.3. The summed E-state index contributed by atoms with van der Waals surface area (Å²) in [6.07, 6.45) is -4.84. The highest BCUT2D eigenvalue weighted by atomic mass is 35.5. The van der Waals surface area contributed by atoms with E-state index in [1.54, 1.807) is 13.8 Å². The number of rotatable bonds is 4. The molecule has 0 saturated carbocycles. The summed E-state index contributed by atoms with van der Waals surface area (Å²) < 4.78 is 69.4. The van der Waals surface area contributed by atoms with Gasteiger partial charge in [-0.3, -0.25) is 9.48 Å². The Morgan fingerprint density at radius 1 is 1.09 bits per heavy atom. The number of hydrogen-bond acceptors (Lipinski definition) is 3. The van der Waals surface area contributed by atoms with Gasteiger partial charge < -0.3 is 5.32 Å². The number of anilines is 1. The van der Waals surface area contributed by atoms with Crippen molar-refractivity contribution >= 4 is 45.7 Å². The lowest BCUT2D eigenvalue weighted by Crippen LogP contribution is -2.17. The van der Waals surface area contributed by atoms with Crippen LogP contribution in [0.4, 0.5) is 27.6 Å². The number of halogens is 7. The standard InChI is InChI=1S/C23H15Cl2F5N4O/c1-10-20(11(2)34(33-10)9-12-5-14(26)3-4-18(12)27)32-22(35)16-8-19(23(28,29)30)31-21-15(16)6-13(24)7-17(21)25/h3-8H,9H2,1-2H3,(H,32,35). The first kappa shape index (κ1) is 24.9. The van der Waals surface area contributed by atoms with Gasteiger partial charge in [0.25, 0.3) is 5.91 Å². The molecule has 2 aromatic carbocycles. The third-order valence-electron chi connectivity index (χ3n) is 5.31. The van der Waals surface area contributed by atoms with Crippen molar-refractivity contribution in [1.82, 2.24) is 14.8 Å². The summed E-state index contributed by atoms with van der Waals surface area (Å²) in [6.45, 7) is 3.00. The van der Waals surface area contributed by atoms with Gasteiger partial charge in [0.1, 0.15) is 17.3 Å². The Bertz CT molecular complexity index is 1480. The molecule has 0 aliphatic heterocycles. The van der Waals surface area contributed by atoms with Crippen LogP contribution in [0.15, 0.2) is 36.4 Å². The van der Waals surface area contributed by atoms with Crippen molar-refractivity contribution < 1.29 is 26.7 Å². The van der Waals surface area contributed by atoms with Crippen LogP contribution < -0.4 is 5.32 Å². The van der Waals surface area contributed by atoms with Gasteiger partial charge in [-0.1, -0.05) is 23.2 Å². The highest BCUT2D eigenvalue weighted by Crippen LogP contribution is 2.35. The zero-order valence-corrected chi connectivity index (χ0v) is 19.6. The van der Waals surface area contributed by atoms with Crippen molar-refractivity contribution in [3.8, 4) is 0 Å². The van der Waals surface area contributed by atoms with Crippen LogP contribution in [0.1, 0.15) is 33.0 Å². The summed E-state index contributed by atoms with van der Waals surface area (Å²) >= 11 is 12.1. The number of benzene rings is 2. The van der Waals surface area contributed by atoms with Gasteiger partial charge in [0.2, 0.25) is 0 Å². The second-order valence-electron chi connectivity index (χ2n) is 7.73. The molecule has 0 saturated heterocycles. The minimum atomic E-state index is -4.84. The molecule has 0 atom stereocenters. The van der Waals surface area contributed by atoms with Gasteiger partial charge in [-0.2, -0.15) is 18.3 Å². The fourth-order valence-corrected chi connectivity index (χ4v) is 4.16. The number of nitrogens with one attached hydrogen (secondary N) is 1. The number of nitrogens with zero attached hydrogens (tertiary/aromatic N) is 3. The van der Waals surface area contributed by atoms with E-state index in [1.165, 1.54) is 16.8 Å². The van der Waals surface area contributed by atoms with E-state index in [0.717, 1.165) is 18.2 Å². The topological polar surface area (TPSA) is 59.8 Å². The number of amides is 1. The monoisotopic (exact) mass is 528 g/mol. The highest BCUT2D eigenvalue weighted by Gasteiger charge is 2.34. The smallest absolute Gasteiger partial charge is 0.319 e. The van der Waals surface area contributed by atoms with Crippen LogP contribution in [-0.4, -0.2) is 20.7 Å². The molecule has 12 heteroatoms. The first-order valence-electron chi connectivity index (χ1n) is 10.0. The zero-order valence-electron chi connectivity index (χ0n) is 18.1. The minimum Gasteiger partial charge on any atom is -0.319 e. The largest absolute Gasteiger partial charge is 0.433 e. The van der Waals surface area contributed by atoms with Crippen LogP contribution in [0.3, 0.4) is 0 Å². The maximum Gasteiger partial charge on any atom is 0.433 e. The summed E-state index contributed by atoms with van der Waals surface area (Å²) in [7, 11) is 0. The molecular weight excluding hydrogens is 514 g/mol. The summed E-state index contributed by atoms with van der Waals surface area (Å²) in [4.78, 5) is 16.7. The van der Waals surface area contributed by atoms with Crippen LogP contribution in [0, 0.1) is 25.5 Å². The summed E-state index contributed by atoms with van der Waals surface area (Å²) in [5.74, 6) is -2.15. The third-order valence-corrected chi connectivity index (χ3v) is 5.82. The first-order valence-corrected chi connectivity index (χ1v) is 10.8. The molecule has 2 heterocycles. The molecule has 0 aliphatic carbocycles. The van der Waals surface area contributed by atoms with E-state index in [2.05, 4.69) is 15.4 Å². The van der Waals surface area contributed by atoms with E-state index in [0.29, 0.717) is 17.5 Å². The molecule has 0 fully saturated rings. The van der Waals surface area contributed by atoms with E-state index in [4.69, 9.17) is 23.2 Å². The molecule has 35 heavy (non-hydrogen) atoms. The Hall–Kier alpha value is -3.24. The number of aromatic nitrogens is 3. The van der Waals surface area contributed by atoms with Crippen LogP contribution in [-0.2, 0) is 12.7 Å². The molecule has 0 aliphatic rings. The summed E-state index contributed by atoms with van der Waals surface area (Å²) in [6, 6.07) is 6.13. The molecule has 182 valence electrons. The Balaban J connectivity index is 1.75. The lowest BCUT2D eigenvalue weighted by Gasteiger charge is -2.13. The van der Waals surface area contributed by atoms with E-state index < -0.39 is 29.4 Å². The van der Waals surface area contributed by atoms with Crippen molar-refractivity contribution in [2.24, 2.45) is 0 Å². The van der Waals surface area contributed by atoms with Crippen LogP contribution >= 0.6 is 23.2 Å². The predicted molar refractivity (Wildman–Crippen MR) is 122 cm³/mol. The molecular formula is C23H15Cl2F5N4O. The van der Waals surface area contributed by atoms with Gasteiger partial charge in [-0.15, -0.1) is 0 Å². The van der Waals surface area contributed by atoms with Gasteiger partial charge in [-0.05, 0) is 50.2 Å². The van der Waals surface area contributed by atoms with Crippen LogP contribution in [0.25, 0.3) is 10.9 Å². The molecule has 0 spiro atoms. The van der Waals surface area contributed by atoms with E-state index in [9.17, 15) is 26.7 Å². The van der Waals surface area contributed by atoms with Crippen molar-refractivity contribution in [3.63, 3.8) is 0 Å². The van der Waals surface area contributed by atoms with Crippen molar-refractivity contribution in [2.45, 2.75) is 26.6 Å². The fraction of sp³-hybridized carbons (Fsp3) is 0.174. The molecule has 1 N–H and O–H groups in total. The maximum atomic E-state index is 14.1. The SMILES string of the molecule is Cc1nn(Cc2cc(F)ccc2F)c(C)c1NC(=O)c1cc(C(F)(F)F)nc2c(Cl)cc(Cl)cc12. The van der Waals surface area contributed by atoms with Gasteiger partial charge in [-0.25, -0.2) is 13.8 Å². The van der Waals surface area contributed by atoms with Gasteiger partial charge in [0.05, 0.1) is 39.7 Å². The Labute approximate surface area is 205 Å². The normalized spacial score (nSPS) is 11.8. The molecule has 5 nitrogen and oxygen atoms in total. The summed E-state index contributed by atoms with van der Waals surface area (Å²) in [5.41, 5.74) is -0.949. The Morgan fingerprint density at radius 2 is 1.80 bits per heavy atom. The highest BCUT2D eigenvalue weighted by molar-refractivity contribution is 6.39. The van der Waals surface area contributed by atoms with Crippen LogP contribution in [0.5, 0.6) is 0 Å². The van der Waals surface area contributed by atoms with Crippen molar-refractivity contribution in [3.05, 3.63) is 86.3 Å². The van der Waals surface area contributed by atoms with E-state index in [-0.39, 0.29) is 44.3 Å². The third kappa shape index (κ3) is 4.94. The van der Waals surface area contributed by atoms with E-state index in [1.807, 2.05) is 0 Å². The average Bonchev–Trinajstić information content (AvgIpc) is 3.02. The maximum absolute atomic E-state index is 14.1. The number of carbonyl (C=O) groups excluding carboxylic acids is 1. The number of carbonyl (C=O) groups is 1. The Kier molecular flexibility index (Phi) is 6.46. The number of hydrogen-bond donors (Lipinski definition) is 1. The van der Waals surface area contributed by atoms with Crippen molar-refractivity contribution in [1.29, 1.82) is 0 Å². The fourth-order valence-electron chi connectivity index (χ4n) is 3.62. The molecule has 4 rings (SSSR count). The summed E-state index contributed by atoms with van der Waals surface area (Å²) in [5, 5.41) is 6.80. The Morgan fingerprint density at radius 3 is 2.49 bits per heavy atom. The molecule has 4 aromatic rings. The van der Waals surface area contributed by atoms with Gasteiger partial charge >= 0.3 is 6.18 Å². The number of alkyl halides is 3. The van der Waals surface area contributed by atoms with Gasteiger partial charge in [0, 0.05) is 16.0 Å². The second kappa shape index (κ2) is 9.09. The number of pyridine rings is 1. The number of fused-ring (bicyclic) bond motifs is 1. The number of aryl methyl sites for hydroxylation is 1. The lowest BCUT2D eigenvalue weighted by atomic mass is 10.1. The average molecular weight is 529 g/mol. The lowest BCUT2D eigenvalue weighted by molar-refractivity contribution is -0.140. The minimum absolute atomic E-state index is 0.0255. The second-order valence-corrected chi connectivity index (χ2v) is 8.57. The molecule has 1 amide bonds. The zero-order chi connectivity index (χ0) is 25.7.